The average molecular weight is 492 g/mol. The molecule has 2 atom stereocenters. The summed E-state index contributed by atoms with van der Waals surface area (Å²) in [5, 5.41) is 3.68. The smallest absolute Gasteiger partial charge is 0.379 e. The summed E-state index contributed by atoms with van der Waals surface area (Å²) < 4.78 is 50.3. The van der Waals surface area contributed by atoms with Crippen molar-refractivity contribution in [2.75, 3.05) is 33.4 Å². The van der Waals surface area contributed by atoms with Gasteiger partial charge in [-0.15, -0.1) is 0 Å². The number of ether oxygens (including phenoxy) is 2. The van der Waals surface area contributed by atoms with Crippen LogP contribution < -0.4 is 5.32 Å². The summed E-state index contributed by atoms with van der Waals surface area (Å²) in [7, 11) is 1.70. The lowest BCUT2D eigenvalue weighted by atomic mass is 9.97. The number of hydrogen-bond donors (Lipinski definition) is 1. The first-order valence-corrected chi connectivity index (χ1v) is 12.0. The Labute approximate surface area is 203 Å². The number of amides is 1. The van der Waals surface area contributed by atoms with Gasteiger partial charge in [-0.05, 0) is 61.4 Å². The first kappa shape index (κ1) is 25.6. The molecule has 0 saturated carbocycles. The number of rotatable bonds is 6. The van der Waals surface area contributed by atoms with E-state index in [1.807, 2.05) is 11.8 Å². The number of pyridine rings is 1. The average Bonchev–Trinajstić information content (AvgIpc) is 2.85. The van der Waals surface area contributed by atoms with E-state index in [9.17, 15) is 18.0 Å². The number of carbonyl (C=O) groups is 1. The molecule has 0 bridgehead atoms. The number of hydrogen-bond acceptors (Lipinski definition) is 5. The lowest BCUT2D eigenvalue weighted by Crippen LogP contribution is -2.54. The van der Waals surface area contributed by atoms with Gasteiger partial charge in [0.1, 0.15) is 5.69 Å². The molecule has 0 spiro atoms. The highest BCUT2D eigenvalue weighted by Gasteiger charge is 2.32. The van der Waals surface area contributed by atoms with Crippen molar-refractivity contribution in [2.45, 2.75) is 57.0 Å². The number of alkyl halides is 3. The molecular formula is C26H32F3N3O3. The quantitative estimate of drug-likeness (QED) is 0.662. The van der Waals surface area contributed by atoms with E-state index >= 15 is 0 Å². The highest BCUT2D eigenvalue weighted by Crippen LogP contribution is 2.30. The lowest BCUT2D eigenvalue weighted by molar-refractivity contribution is -0.137. The van der Waals surface area contributed by atoms with Crippen molar-refractivity contribution >= 4 is 5.91 Å². The SMILES string of the molecule is CO[C@@H]1COCC[C@@H]1NC1CCN(C(=O)c2nccc(Cc3cccc(C(F)(F)F)c3)c2C)CC1. The van der Waals surface area contributed by atoms with Crippen LogP contribution in [0.1, 0.15) is 52.0 Å². The second-order valence-electron chi connectivity index (χ2n) is 9.30. The van der Waals surface area contributed by atoms with Gasteiger partial charge in [0.25, 0.3) is 5.91 Å². The lowest BCUT2D eigenvalue weighted by Gasteiger charge is -2.38. The summed E-state index contributed by atoms with van der Waals surface area (Å²) in [5.41, 5.74) is 1.74. The van der Waals surface area contributed by atoms with Crippen LogP contribution in [0.5, 0.6) is 0 Å². The molecule has 2 aliphatic rings. The molecule has 9 heteroatoms. The van der Waals surface area contributed by atoms with E-state index in [-0.39, 0.29) is 18.1 Å². The number of nitrogens with one attached hydrogen (secondary N) is 1. The molecule has 2 aromatic rings. The van der Waals surface area contributed by atoms with Crippen LogP contribution in [-0.2, 0) is 22.1 Å². The zero-order valence-electron chi connectivity index (χ0n) is 20.1. The minimum absolute atomic E-state index is 0.0369. The molecule has 4 rings (SSSR count). The second-order valence-corrected chi connectivity index (χ2v) is 9.30. The highest BCUT2D eigenvalue weighted by molar-refractivity contribution is 5.94. The Morgan fingerprint density at radius 1 is 1.23 bits per heavy atom. The number of nitrogens with zero attached hydrogens (tertiary/aromatic N) is 2. The molecule has 1 aromatic carbocycles. The number of piperidine rings is 1. The minimum atomic E-state index is -4.39. The molecule has 2 aliphatic heterocycles. The number of aromatic nitrogens is 1. The van der Waals surface area contributed by atoms with Crippen molar-refractivity contribution in [1.82, 2.24) is 15.2 Å². The topological polar surface area (TPSA) is 63.7 Å². The third-order valence-corrected chi connectivity index (χ3v) is 7.01. The van der Waals surface area contributed by atoms with Crippen molar-refractivity contribution in [2.24, 2.45) is 0 Å². The number of halogens is 3. The Hall–Kier alpha value is -2.49. The van der Waals surface area contributed by atoms with Gasteiger partial charge in [0.2, 0.25) is 0 Å². The van der Waals surface area contributed by atoms with Crippen LogP contribution in [0.25, 0.3) is 0 Å². The highest BCUT2D eigenvalue weighted by atomic mass is 19.4. The van der Waals surface area contributed by atoms with Crippen molar-refractivity contribution in [3.63, 3.8) is 0 Å². The molecule has 1 N–H and O–H groups in total. The van der Waals surface area contributed by atoms with E-state index in [0.29, 0.717) is 49.0 Å². The van der Waals surface area contributed by atoms with E-state index in [4.69, 9.17) is 9.47 Å². The third-order valence-electron chi connectivity index (χ3n) is 7.01. The van der Waals surface area contributed by atoms with Crippen LogP contribution in [0.15, 0.2) is 36.5 Å². The maximum atomic E-state index is 13.3. The largest absolute Gasteiger partial charge is 0.416 e. The van der Waals surface area contributed by atoms with Gasteiger partial charge in [0.05, 0.1) is 18.3 Å². The summed E-state index contributed by atoms with van der Waals surface area (Å²) in [6.45, 7) is 4.37. The molecule has 3 heterocycles. The van der Waals surface area contributed by atoms with E-state index in [2.05, 4.69) is 10.3 Å². The van der Waals surface area contributed by atoms with Crippen molar-refractivity contribution < 1.29 is 27.4 Å². The van der Waals surface area contributed by atoms with Crippen LogP contribution in [0.2, 0.25) is 0 Å². The van der Waals surface area contributed by atoms with E-state index in [1.165, 1.54) is 6.07 Å². The predicted octanol–water partition coefficient (Wildman–Crippen LogP) is 4.00. The Bertz CT molecular complexity index is 1020. The standard InChI is InChI=1S/C26H32F3N3O3/c1-17-19(14-18-4-3-5-20(15-18)26(27,28)29)6-10-30-24(17)25(33)32-11-7-21(8-12-32)31-22-9-13-35-16-23(22)34-2/h3-6,10,15,21-23,31H,7-9,11-14,16H2,1-2H3/t22-,23+/m0/s1. The molecule has 190 valence electrons. The van der Waals surface area contributed by atoms with Gasteiger partial charge in [-0.2, -0.15) is 13.2 Å². The van der Waals surface area contributed by atoms with Gasteiger partial charge < -0.3 is 19.7 Å². The molecule has 0 unspecified atom stereocenters. The summed E-state index contributed by atoms with van der Waals surface area (Å²) in [6, 6.07) is 7.62. The fourth-order valence-electron chi connectivity index (χ4n) is 4.90. The van der Waals surface area contributed by atoms with Crippen LogP contribution in [0.3, 0.4) is 0 Å². The zero-order valence-corrected chi connectivity index (χ0v) is 20.1. The maximum Gasteiger partial charge on any atom is 0.416 e. The monoisotopic (exact) mass is 491 g/mol. The molecule has 1 aromatic heterocycles. The van der Waals surface area contributed by atoms with Crippen LogP contribution in [0, 0.1) is 6.92 Å². The van der Waals surface area contributed by atoms with Crippen molar-refractivity contribution in [3.8, 4) is 0 Å². The maximum absolute atomic E-state index is 13.3. The Morgan fingerprint density at radius 3 is 2.71 bits per heavy atom. The number of carbonyl (C=O) groups excluding carboxylic acids is 1. The molecule has 0 aliphatic carbocycles. The van der Waals surface area contributed by atoms with Crippen molar-refractivity contribution in [1.29, 1.82) is 0 Å². The second kappa shape index (κ2) is 11.1. The Morgan fingerprint density at radius 2 is 2.00 bits per heavy atom. The summed E-state index contributed by atoms with van der Waals surface area (Å²) in [6.07, 6.45) is 0.0874. The number of likely N-dealkylation sites (tertiary alicyclic amines) is 1. The Balaban J connectivity index is 1.39. The minimum Gasteiger partial charge on any atom is -0.379 e. The number of benzene rings is 1. The molecule has 2 fully saturated rings. The fourth-order valence-corrected chi connectivity index (χ4v) is 4.90. The first-order valence-electron chi connectivity index (χ1n) is 12.0. The van der Waals surface area contributed by atoms with E-state index in [0.717, 1.165) is 43.6 Å². The van der Waals surface area contributed by atoms with Gasteiger partial charge in [-0.3, -0.25) is 9.78 Å². The molecule has 0 radical (unpaired) electrons. The predicted molar refractivity (Wildman–Crippen MR) is 125 cm³/mol. The van der Waals surface area contributed by atoms with Crippen LogP contribution in [-0.4, -0.2) is 67.4 Å². The normalized spacial score (nSPS) is 21.8. The van der Waals surface area contributed by atoms with Gasteiger partial charge in [0.15, 0.2) is 0 Å². The third kappa shape index (κ3) is 6.20. The first-order chi connectivity index (χ1) is 16.8. The van der Waals surface area contributed by atoms with Gasteiger partial charge >= 0.3 is 6.18 Å². The Kier molecular flexibility index (Phi) is 8.09. The van der Waals surface area contributed by atoms with Gasteiger partial charge in [-0.25, -0.2) is 0 Å². The van der Waals surface area contributed by atoms with E-state index in [1.54, 1.807) is 25.4 Å². The van der Waals surface area contributed by atoms with Crippen LogP contribution >= 0.6 is 0 Å². The molecule has 6 nitrogen and oxygen atoms in total. The van der Waals surface area contributed by atoms with Gasteiger partial charge in [-0.1, -0.05) is 18.2 Å². The van der Waals surface area contributed by atoms with Crippen LogP contribution in [0.4, 0.5) is 13.2 Å². The zero-order chi connectivity index (χ0) is 25.0. The molecule has 35 heavy (non-hydrogen) atoms. The molecule has 2 saturated heterocycles. The molecule has 1 amide bonds. The van der Waals surface area contributed by atoms with Gasteiger partial charge in [0, 0.05) is 45.1 Å². The van der Waals surface area contributed by atoms with E-state index < -0.39 is 11.7 Å². The summed E-state index contributed by atoms with van der Waals surface area (Å²) >= 11 is 0. The number of methoxy groups -OCH3 is 1. The summed E-state index contributed by atoms with van der Waals surface area (Å²) in [5.74, 6) is -0.132. The van der Waals surface area contributed by atoms with Crippen molar-refractivity contribution in [3.05, 3.63) is 64.5 Å². The molecular weight excluding hydrogens is 459 g/mol. The fraction of sp³-hybridized carbons (Fsp3) is 0.538. The summed E-state index contributed by atoms with van der Waals surface area (Å²) in [4.78, 5) is 19.4.